The van der Waals surface area contributed by atoms with Gasteiger partial charge in [-0.3, -0.25) is 10.4 Å². The second-order valence-corrected chi connectivity index (χ2v) is 4.30. The first-order valence-corrected chi connectivity index (χ1v) is 6.58. The summed E-state index contributed by atoms with van der Waals surface area (Å²) in [6.45, 7) is 6.21. The maximum Gasteiger partial charge on any atom is 0.212 e. The number of rotatable bonds is 6. The highest BCUT2D eigenvalue weighted by molar-refractivity contribution is 5.95. The summed E-state index contributed by atoms with van der Waals surface area (Å²) >= 11 is 0. The highest BCUT2D eigenvalue weighted by Crippen LogP contribution is 2.14. The number of nitrogens with zero attached hydrogens (tertiary/aromatic N) is 2. The topological polar surface area (TPSA) is 62.9 Å². The molecule has 0 aromatic heterocycles. The average Bonchev–Trinajstić information content (AvgIpc) is 2.42. The van der Waals surface area contributed by atoms with Crippen LogP contribution in [0, 0.1) is 6.92 Å². The molecule has 0 aliphatic heterocycles. The number of nitrogens with two attached hydrogens (primary N) is 1. The molecular formula is C14H24N4O. The maximum atomic E-state index is 5.54. The van der Waals surface area contributed by atoms with E-state index < -0.39 is 0 Å². The van der Waals surface area contributed by atoms with Gasteiger partial charge in [-0.1, -0.05) is 12.1 Å². The molecule has 5 nitrogen and oxygen atoms in total. The van der Waals surface area contributed by atoms with Gasteiger partial charge in [-0.2, -0.15) is 0 Å². The predicted octanol–water partition coefficient (Wildman–Crippen LogP) is 1.68. The van der Waals surface area contributed by atoms with Crippen molar-refractivity contribution < 1.29 is 4.74 Å². The van der Waals surface area contributed by atoms with Crippen LogP contribution >= 0.6 is 0 Å². The van der Waals surface area contributed by atoms with Crippen molar-refractivity contribution >= 4 is 11.6 Å². The van der Waals surface area contributed by atoms with Gasteiger partial charge in [-0.25, -0.2) is 5.84 Å². The summed E-state index contributed by atoms with van der Waals surface area (Å²) in [5.41, 5.74) is 4.91. The molecular weight excluding hydrogens is 240 g/mol. The lowest BCUT2D eigenvalue weighted by Gasteiger charge is -2.21. The van der Waals surface area contributed by atoms with E-state index in [2.05, 4.69) is 29.5 Å². The lowest BCUT2D eigenvalue weighted by molar-refractivity contribution is 0.146. The summed E-state index contributed by atoms with van der Waals surface area (Å²) in [7, 11) is 1.94. The molecule has 0 amide bonds. The average molecular weight is 264 g/mol. The molecule has 5 heteroatoms. The molecule has 0 bridgehead atoms. The van der Waals surface area contributed by atoms with Crippen molar-refractivity contribution in [2.45, 2.75) is 20.3 Å². The lowest BCUT2D eigenvalue weighted by Crippen LogP contribution is -2.43. The molecule has 0 saturated heterocycles. The smallest absolute Gasteiger partial charge is 0.212 e. The Bertz CT molecular complexity index is 406. The van der Waals surface area contributed by atoms with Crippen LogP contribution < -0.4 is 16.2 Å². The molecule has 0 spiro atoms. The van der Waals surface area contributed by atoms with E-state index in [0.29, 0.717) is 12.5 Å². The van der Waals surface area contributed by atoms with E-state index in [1.165, 1.54) is 5.56 Å². The van der Waals surface area contributed by atoms with Crippen LogP contribution in [-0.2, 0) is 4.74 Å². The van der Waals surface area contributed by atoms with Gasteiger partial charge in [-0.05, 0) is 38.0 Å². The molecule has 0 radical (unpaired) electrons. The lowest BCUT2D eigenvalue weighted by atomic mass is 10.2. The van der Waals surface area contributed by atoms with Crippen LogP contribution in [0.3, 0.4) is 0 Å². The summed E-state index contributed by atoms with van der Waals surface area (Å²) in [6.07, 6.45) is 0.890. The van der Waals surface area contributed by atoms with Gasteiger partial charge in [0.1, 0.15) is 0 Å². The van der Waals surface area contributed by atoms with Crippen molar-refractivity contribution in [3.63, 3.8) is 0 Å². The van der Waals surface area contributed by atoms with Crippen molar-refractivity contribution in [1.29, 1.82) is 0 Å². The molecule has 1 aromatic rings. The van der Waals surface area contributed by atoms with E-state index in [1.54, 1.807) is 0 Å². The van der Waals surface area contributed by atoms with Crippen LogP contribution in [0.4, 0.5) is 5.69 Å². The zero-order chi connectivity index (χ0) is 14.1. The molecule has 0 aliphatic rings. The Labute approximate surface area is 115 Å². The van der Waals surface area contributed by atoms with Crippen LogP contribution in [-0.4, -0.2) is 32.8 Å². The standard InChI is InChI=1S/C14H24N4O/c1-4-19-10-6-9-16-14(17-15)18(3)13-8-5-7-12(2)11-13/h5,7-8,11H,4,6,9-10,15H2,1-3H3,(H,16,17). The number of aliphatic imine (C=N–C) groups is 1. The fourth-order valence-electron chi connectivity index (χ4n) is 1.70. The van der Waals surface area contributed by atoms with Gasteiger partial charge in [0.25, 0.3) is 0 Å². The number of ether oxygens (including phenoxy) is 1. The van der Waals surface area contributed by atoms with Gasteiger partial charge in [0.15, 0.2) is 0 Å². The number of hydrazine groups is 1. The summed E-state index contributed by atoms with van der Waals surface area (Å²) in [5.74, 6) is 6.19. The summed E-state index contributed by atoms with van der Waals surface area (Å²) in [5, 5.41) is 0. The second-order valence-electron chi connectivity index (χ2n) is 4.30. The minimum absolute atomic E-state index is 0.655. The van der Waals surface area contributed by atoms with Crippen molar-refractivity contribution in [3.05, 3.63) is 29.8 Å². The molecule has 3 N–H and O–H groups in total. The Morgan fingerprint density at radius 2 is 2.26 bits per heavy atom. The third kappa shape index (κ3) is 5.28. The number of hydrogen-bond acceptors (Lipinski definition) is 3. The van der Waals surface area contributed by atoms with Crippen LogP contribution in [0.25, 0.3) is 0 Å². The predicted molar refractivity (Wildman–Crippen MR) is 80.3 cm³/mol. The first-order valence-electron chi connectivity index (χ1n) is 6.58. The highest BCUT2D eigenvalue weighted by atomic mass is 16.5. The van der Waals surface area contributed by atoms with E-state index in [1.807, 2.05) is 31.0 Å². The Morgan fingerprint density at radius 3 is 2.89 bits per heavy atom. The summed E-state index contributed by atoms with van der Waals surface area (Å²) < 4.78 is 5.28. The van der Waals surface area contributed by atoms with Gasteiger partial charge in [-0.15, -0.1) is 0 Å². The molecule has 0 heterocycles. The van der Waals surface area contributed by atoms with Crippen molar-refractivity contribution in [3.8, 4) is 0 Å². The van der Waals surface area contributed by atoms with Crippen LogP contribution in [0.2, 0.25) is 0 Å². The molecule has 0 saturated carbocycles. The largest absolute Gasteiger partial charge is 0.382 e. The van der Waals surface area contributed by atoms with Crippen LogP contribution in [0.1, 0.15) is 18.9 Å². The fraction of sp³-hybridized carbons (Fsp3) is 0.500. The summed E-state index contributed by atoms with van der Waals surface area (Å²) in [6, 6.07) is 8.20. The second kappa shape index (κ2) is 8.50. The molecule has 0 aliphatic carbocycles. The van der Waals surface area contributed by atoms with Crippen molar-refractivity contribution in [2.75, 3.05) is 31.7 Å². The quantitative estimate of drug-likeness (QED) is 0.270. The van der Waals surface area contributed by atoms with Gasteiger partial charge in [0.2, 0.25) is 5.96 Å². The van der Waals surface area contributed by atoms with Gasteiger partial charge >= 0.3 is 0 Å². The number of hydrogen-bond donors (Lipinski definition) is 2. The molecule has 19 heavy (non-hydrogen) atoms. The van der Waals surface area contributed by atoms with E-state index in [9.17, 15) is 0 Å². The van der Waals surface area contributed by atoms with Crippen molar-refractivity contribution in [2.24, 2.45) is 10.8 Å². The highest BCUT2D eigenvalue weighted by Gasteiger charge is 2.06. The van der Waals surface area contributed by atoms with Crippen molar-refractivity contribution in [1.82, 2.24) is 5.43 Å². The molecule has 106 valence electrons. The normalized spacial score (nSPS) is 11.5. The number of benzene rings is 1. The zero-order valence-corrected chi connectivity index (χ0v) is 12.0. The van der Waals surface area contributed by atoms with E-state index in [-0.39, 0.29) is 0 Å². The number of nitrogens with one attached hydrogen (secondary N) is 1. The van der Waals surface area contributed by atoms with E-state index >= 15 is 0 Å². The first kappa shape index (κ1) is 15.5. The number of guanidine groups is 1. The molecule has 0 fully saturated rings. The first-order chi connectivity index (χ1) is 9.19. The maximum absolute atomic E-state index is 5.54. The number of anilines is 1. The zero-order valence-electron chi connectivity index (χ0n) is 12.0. The van der Waals surface area contributed by atoms with E-state index in [4.69, 9.17) is 10.6 Å². The van der Waals surface area contributed by atoms with Gasteiger partial charge in [0.05, 0.1) is 0 Å². The Hall–Kier alpha value is -1.59. The fourth-order valence-corrected chi connectivity index (χ4v) is 1.70. The van der Waals surface area contributed by atoms with Crippen LogP contribution in [0.15, 0.2) is 29.3 Å². The minimum Gasteiger partial charge on any atom is -0.382 e. The molecule has 0 atom stereocenters. The summed E-state index contributed by atoms with van der Waals surface area (Å²) in [4.78, 5) is 6.38. The third-order valence-electron chi connectivity index (χ3n) is 2.75. The van der Waals surface area contributed by atoms with Gasteiger partial charge < -0.3 is 9.64 Å². The van der Waals surface area contributed by atoms with E-state index in [0.717, 1.165) is 25.3 Å². The Balaban J connectivity index is 2.60. The molecule has 0 unspecified atom stereocenters. The molecule has 1 aromatic carbocycles. The third-order valence-corrected chi connectivity index (χ3v) is 2.75. The Morgan fingerprint density at radius 1 is 1.47 bits per heavy atom. The Kier molecular flexibility index (Phi) is 6.92. The monoisotopic (exact) mass is 264 g/mol. The van der Waals surface area contributed by atoms with Crippen LogP contribution in [0.5, 0.6) is 0 Å². The molecule has 1 rings (SSSR count). The SMILES string of the molecule is CCOCCCN=C(NN)N(C)c1cccc(C)c1. The number of aryl methyl sites for hydroxylation is 1. The van der Waals surface area contributed by atoms with Gasteiger partial charge in [0, 0.05) is 32.5 Å². The minimum atomic E-state index is 0.655.